The summed E-state index contributed by atoms with van der Waals surface area (Å²) in [5.41, 5.74) is 4.86. The predicted molar refractivity (Wildman–Crippen MR) is 70.3 cm³/mol. The zero-order valence-corrected chi connectivity index (χ0v) is 11.6. The fraction of sp³-hybridized carbons (Fsp3) is 0.429. The van der Waals surface area contributed by atoms with Crippen molar-refractivity contribution in [2.24, 2.45) is 11.7 Å². The van der Waals surface area contributed by atoms with Crippen LogP contribution in [-0.4, -0.2) is 22.6 Å². The van der Waals surface area contributed by atoms with Gasteiger partial charge in [-0.1, -0.05) is 18.2 Å². The van der Waals surface area contributed by atoms with Gasteiger partial charge in [0.05, 0.1) is 6.04 Å². The lowest BCUT2D eigenvalue weighted by Gasteiger charge is -2.25. The van der Waals surface area contributed by atoms with Gasteiger partial charge in [0.25, 0.3) is 0 Å². The van der Waals surface area contributed by atoms with E-state index in [2.05, 4.69) is 0 Å². The number of aliphatic carboxylic acids is 1. The fourth-order valence-electron chi connectivity index (χ4n) is 1.69. The molecule has 0 aliphatic heterocycles. The Balaban J connectivity index is 3.06. The van der Waals surface area contributed by atoms with E-state index in [1.54, 1.807) is 20.8 Å². The summed E-state index contributed by atoms with van der Waals surface area (Å²) in [5, 5.41) is 9.16. The number of hydrogen-bond donors (Lipinski definition) is 2. The molecule has 0 aromatic heterocycles. The molecule has 2 atom stereocenters. The molecule has 0 fully saturated rings. The van der Waals surface area contributed by atoms with Crippen molar-refractivity contribution in [1.82, 2.24) is 0 Å². The lowest BCUT2D eigenvalue weighted by atomic mass is 9.93. The Hall–Kier alpha value is -1.95. The third-order valence-electron chi connectivity index (χ3n) is 2.55. The highest BCUT2D eigenvalue weighted by atomic mass is 19.1. The van der Waals surface area contributed by atoms with E-state index in [4.69, 9.17) is 15.6 Å². The average Bonchev–Trinajstić information content (AvgIpc) is 2.26. The van der Waals surface area contributed by atoms with Crippen molar-refractivity contribution in [2.75, 3.05) is 0 Å². The van der Waals surface area contributed by atoms with Crippen LogP contribution in [0.1, 0.15) is 32.4 Å². The highest BCUT2D eigenvalue weighted by Crippen LogP contribution is 2.25. The molecule has 0 aliphatic rings. The summed E-state index contributed by atoms with van der Waals surface area (Å²) in [7, 11) is 0. The Kier molecular flexibility index (Phi) is 4.83. The van der Waals surface area contributed by atoms with Crippen LogP contribution in [0.15, 0.2) is 24.3 Å². The molecule has 0 spiro atoms. The van der Waals surface area contributed by atoms with Gasteiger partial charge in [-0.2, -0.15) is 0 Å². The van der Waals surface area contributed by atoms with Crippen LogP contribution in [0.4, 0.5) is 4.39 Å². The molecule has 5 nitrogen and oxygen atoms in total. The van der Waals surface area contributed by atoms with E-state index in [-0.39, 0.29) is 5.56 Å². The second kappa shape index (κ2) is 6.00. The molecule has 6 heteroatoms. The van der Waals surface area contributed by atoms with Crippen molar-refractivity contribution >= 4 is 11.9 Å². The molecule has 0 heterocycles. The van der Waals surface area contributed by atoms with Crippen LogP contribution < -0.4 is 5.73 Å². The molecular formula is C14H18FNO4. The van der Waals surface area contributed by atoms with E-state index < -0.39 is 35.3 Å². The van der Waals surface area contributed by atoms with Crippen molar-refractivity contribution in [2.45, 2.75) is 32.4 Å². The minimum absolute atomic E-state index is 0.0363. The largest absolute Gasteiger partial charge is 0.481 e. The fourth-order valence-corrected chi connectivity index (χ4v) is 1.69. The third-order valence-corrected chi connectivity index (χ3v) is 2.55. The van der Waals surface area contributed by atoms with Gasteiger partial charge >= 0.3 is 11.9 Å². The van der Waals surface area contributed by atoms with Crippen LogP contribution in [-0.2, 0) is 14.3 Å². The first-order chi connectivity index (χ1) is 9.13. The van der Waals surface area contributed by atoms with Crippen molar-refractivity contribution in [3.63, 3.8) is 0 Å². The number of benzene rings is 1. The normalized spacial score (nSPS) is 14.4. The van der Waals surface area contributed by atoms with Crippen LogP contribution in [0, 0.1) is 11.7 Å². The molecule has 1 unspecified atom stereocenters. The van der Waals surface area contributed by atoms with Crippen molar-refractivity contribution in [3.8, 4) is 0 Å². The molecule has 1 rings (SSSR count). The molecule has 0 saturated carbocycles. The van der Waals surface area contributed by atoms with E-state index in [1.807, 2.05) is 0 Å². The number of esters is 1. The molecule has 1 aromatic carbocycles. The van der Waals surface area contributed by atoms with Crippen molar-refractivity contribution in [1.29, 1.82) is 0 Å². The number of carbonyl (C=O) groups is 2. The minimum Gasteiger partial charge on any atom is -0.481 e. The van der Waals surface area contributed by atoms with E-state index in [1.165, 1.54) is 18.2 Å². The first-order valence-electron chi connectivity index (χ1n) is 6.09. The first kappa shape index (κ1) is 16.1. The standard InChI is InChI=1S/C14H18FNO4/c1-14(2,3)20-13(19)10(12(17)18)11(16)8-6-4-5-7-9(8)15/h4-7,10-11H,16H2,1-3H3,(H,17,18)/t10-,11?/m0/s1. The van der Waals surface area contributed by atoms with E-state index in [9.17, 15) is 14.0 Å². The Morgan fingerprint density at radius 2 is 1.85 bits per heavy atom. The third kappa shape index (κ3) is 4.03. The molecule has 110 valence electrons. The maximum atomic E-state index is 13.6. The molecule has 0 radical (unpaired) electrons. The van der Waals surface area contributed by atoms with Gasteiger partial charge in [0.2, 0.25) is 0 Å². The molecular weight excluding hydrogens is 265 g/mol. The number of carbonyl (C=O) groups excluding carboxylic acids is 1. The Labute approximate surface area is 116 Å². The minimum atomic E-state index is -1.66. The number of rotatable bonds is 4. The topological polar surface area (TPSA) is 89.6 Å². The van der Waals surface area contributed by atoms with E-state index in [0.29, 0.717) is 0 Å². The predicted octanol–water partition coefficient (Wildman–Crippen LogP) is 1.87. The van der Waals surface area contributed by atoms with Crippen LogP contribution in [0.3, 0.4) is 0 Å². The van der Waals surface area contributed by atoms with Crippen LogP contribution >= 0.6 is 0 Å². The monoisotopic (exact) mass is 283 g/mol. The second-order valence-corrected chi connectivity index (χ2v) is 5.40. The van der Waals surface area contributed by atoms with Gasteiger partial charge in [-0.25, -0.2) is 4.39 Å². The summed E-state index contributed by atoms with van der Waals surface area (Å²) in [4.78, 5) is 23.2. The lowest BCUT2D eigenvalue weighted by molar-refractivity contribution is -0.167. The lowest BCUT2D eigenvalue weighted by Crippen LogP contribution is -2.39. The van der Waals surface area contributed by atoms with Gasteiger partial charge < -0.3 is 15.6 Å². The zero-order valence-electron chi connectivity index (χ0n) is 11.6. The number of halogens is 1. The molecule has 20 heavy (non-hydrogen) atoms. The number of ether oxygens (including phenoxy) is 1. The Morgan fingerprint density at radius 1 is 1.30 bits per heavy atom. The molecule has 3 N–H and O–H groups in total. The number of hydrogen-bond acceptors (Lipinski definition) is 4. The molecule has 0 amide bonds. The first-order valence-corrected chi connectivity index (χ1v) is 6.09. The Bertz CT molecular complexity index is 510. The summed E-state index contributed by atoms with van der Waals surface area (Å²) in [6.07, 6.45) is 0. The molecule has 0 saturated heterocycles. The zero-order chi connectivity index (χ0) is 15.5. The van der Waals surface area contributed by atoms with E-state index >= 15 is 0 Å². The highest BCUT2D eigenvalue weighted by Gasteiger charge is 2.38. The van der Waals surface area contributed by atoms with E-state index in [0.717, 1.165) is 6.07 Å². The van der Waals surface area contributed by atoms with Crippen molar-refractivity contribution < 1.29 is 23.8 Å². The number of carboxylic acid groups (broad SMARTS) is 1. The SMILES string of the molecule is CC(C)(C)OC(=O)[C@H](C(=O)O)C(N)c1ccccc1F. The summed E-state index contributed by atoms with van der Waals surface area (Å²) in [5.74, 6) is -4.75. The Morgan fingerprint density at radius 3 is 2.30 bits per heavy atom. The van der Waals surface area contributed by atoms with Crippen LogP contribution in [0.5, 0.6) is 0 Å². The average molecular weight is 283 g/mol. The smallest absolute Gasteiger partial charge is 0.322 e. The van der Waals surface area contributed by atoms with Gasteiger partial charge in [0.1, 0.15) is 11.4 Å². The van der Waals surface area contributed by atoms with Gasteiger partial charge in [0, 0.05) is 5.56 Å². The molecule has 0 bridgehead atoms. The van der Waals surface area contributed by atoms with Gasteiger partial charge in [-0.15, -0.1) is 0 Å². The maximum absolute atomic E-state index is 13.6. The number of nitrogens with two attached hydrogens (primary N) is 1. The summed E-state index contributed by atoms with van der Waals surface area (Å²) in [6.45, 7) is 4.83. The van der Waals surface area contributed by atoms with Crippen LogP contribution in [0.2, 0.25) is 0 Å². The van der Waals surface area contributed by atoms with Gasteiger partial charge in [0.15, 0.2) is 5.92 Å². The maximum Gasteiger partial charge on any atom is 0.322 e. The van der Waals surface area contributed by atoms with Crippen LogP contribution in [0.25, 0.3) is 0 Å². The number of carboxylic acids is 1. The summed E-state index contributed by atoms with van der Waals surface area (Å²) >= 11 is 0. The molecule has 0 aliphatic carbocycles. The quantitative estimate of drug-likeness (QED) is 0.650. The summed E-state index contributed by atoms with van der Waals surface area (Å²) < 4.78 is 18.7. The molecule has 1 aromatic rings. The second-order valence-electron chi connectivity index (χ2n) is 5.40. The highest BCUT2D eigenvalue weighted by molar-refractivity contribution is 5.95. The van der Waals surface area contributed by atoms with Crippen molar-refractivity contribution in [3.05, 3.63) is 35.6 Å². The van der Waals surface area contributed by atoms with Gasteiger partial charge in [-0.05, 0) is 26.8 Å². The van der Waals surface area contributed by atoms with Gasteiger partial charge in [-0.3, -0.25) is 9.59 Å². The summed E-state index contributed by atoms with van der Waals surface area (Å²) in [6, 6.07) is 4.16.